The van der Waals surface area contributed by atoms with Crippen molar-refractivity contribution < 1.29 is 14.3 Å². The fourth-order valence-electron chi connectivity index (χ4n) is 2.33. The Hall–Kier alpha value is -1.03. The zero-order valence-corrected chi connectivity index (χ0v) is 12.7. The minimum Gasteiger partial charge on any atom is -0.486 e. The molecule has 0 bridgehead atoms. The molecule has 1 aromatic rings. The van der Waals surface area contributed by atoms with Gasteiger partial charge in [-0.15, -0.1) is 0 Å². The molecule has 98 valence electrons. The molecule has 1 heterocycles. The number of aryl methyl sites for hydroxylation is 1. The predicted octanol–water partition coefficient (Wildman–Crippen LogP) is 3.32. The number of fused-ring (bicyclic) bond motifs is 1. The van der Waals surface area contributed by atoms with Gasteiger partial charge in [0.1, 0.15) is 17.1 Å². The first-order valence-electron chi connectivity index (χ1n) is 5.93. The quantitative estimate of drug-likeness (QED) is 0.477. The van der Waals surface area contributed by atoms with Crippen LogP contribution in [0.5, 0.6) is 11.5 Å². The number of hydrogen-bond acceptors (Lipinski definition) is 3. The van der Waals surface area contributed by atoms with Crippen LogP contribution in [0.4, 0.5) is 0 Å². The van der Waals surface area contributed by atoms with E-state index in [0.29, 0.717) is 5.75 Å². The van der Waals surface area contributed by atoms with Crippen LogP contribution in [0.25, 0.3) is 0 Å². The highest BCUT2D eigenvalue weighted by atomic mass is 79.9. The lowest BCUT2D eigenvalue weighted by molar-refractivity contribution is -0.131. The number of carbonyl (C=O) groups is 1. The molecule has 1 unspecified atom stereocenters. The first-order valence-corrected chi connectivity index (χ1v) is 7.05. The minimum atomic E-state index is -0.289. The van der Waals surface area contributed by atoms with Crippen molar-refractivity contribution in [1.29, 1.82) is 0 Å². The maximum Gasteiger partial charge on any atom is 0.308 e. The Bertz CT molecular complexity index is 510. The highest BCUT2D eigenvalue weighted by Crippen LogP contribution is 2.42. The van der Waals surface area contributed by atoms with Crippen molar-refractivity contribution in [1.82, 2.24) is 0 Å². The van der Waals surface area contributed by atoms with Gasteiger partial charge < -0.3 is 9.47 Å². The topological polar surface area (TPSA) is 35.5 Å². The summed E-state index contributed by atoms with van der Waals surface area (Å²) in [5, 5.41) is 0.774. The number of ether oxygens (including phenoxy) is 2. The summed E-state index contributed by atoms with van der Waals surface area (Å²) in [5.74, 6) is 1.29. The van der Waals surface area contributed by atoms with E-state index < -0.39 is 0 Å². The molecule has 3 nitrogen and oxygen atoms in total. The number of rotatable bonds is 2. The van der Waals surface area contributed by atoms with Crippen molar-refractivity contribution in [3.05, 3.63) is 22.8 Å². The second-order valence-electron chi connectivity index (χ2n) is 5.08. The van der Waals surface area contributed by atoms with Gasteiger partial charge in [0, 0.05) is 24.2 Å². The monoisotopic (exact) mass is 312 g/mol. The van der Waals surface area contributed by atoms with Gasteiger partial charge in [-0.25, -0.2) is 0 Å². The van der Waals surface area contributed by atoms with E-state index in [1.54, 1.807) is 0 Å². The molecule has 0 spiro atoms. The molecule has 0 amide bonds. The van der Waals surface area contributed by atoms with Gasteiger partial charge in [-0.1, -0.05) is 15.9 Å². The predicted molar refractivity (Wildman–Crippen MR) is 73.8 cm³/mol. The first-order chi connectivity index (χ1) is 8.36. The molecule has 0 aliphatic carbocycles. The van der Waals surface area contributed by atoms with Gasteiger partial charge in [0.05, 0.1) is 0 Å². The van der Waals surface area contributed by atoms with Gasteiger partial charge in [0.15, 0.2) is 0 Å². The number of esters is 1. The summed E-state index contributed by atoms with van der Waals surface area (Å²) in [6.07, 6.45) is 0.827. The fraction of sp³-hybridized carbons (Fsp3) is 0.500. The SMILES string of the molecule is CC(=O)Oc1c(C)cc2c(c1C)CC(C)(CBr)O2. The maximum atomic E-state index is 11.1. The molecule has 0 saturated heterocycles. The lowest BCUT2D eigenvalue weighted by Gasteiger charge is -2.20. The summed E-state index contributed by atoms with van der Waals surface area (Å²) < 4.78 is 11.3. The van der Waals surface area contributed by atoms with E-state index in [2.05, 4.69) is 22.9 Å². The van der Waals surface area contributed by atoms with Crippen LogP contribution in [-0.2, 0) is 11.2 Å². The molecule has 1 atom stereocenters. The highest BCUT2D eigenvalue weighted by Gasteiger charge is 2.36. The summed E-state index contributed by atoms with van der Waals surface area (Å²) in [7, 11) is 0. The lowest BCUT2D eigenvalue weighted by atomic mass is 9.96. The van der Waals surface area contributed by atoms with Gasteiger partial charge in [0.25, 0.3) is 0 Å². The second kappa shape index (κ2) is 4.57. The van der Waals surface area contributed by atoms with Gasteiger partial charge in [-0.3, -0.25) is 4.79 Å². The van der Waals surface area contributed by atoms with Gasteiger partial charge in [-0.2, -0.15) is 0 Å². The van der Waals surface area contributed by atoms with E-state index in [9.17, 15) is 4.79 Å². The Balaban J connectivity index is 2.47. The maximum absolute atomic E-state index is 11.1. The second-order valence-corrected chi connectivity index (χ2v) is 5.64. The van der Waals surface area contributed by atoms with Crippen molar-refractivity contribution in [2.45, 2.75) is 39.7 Å². The Kier molecular flexibility index (Phi) is 3.41. The Morgan fingerprint density at radius 3 is 2.78 bits per heavy atom. The molecule has 1 aromatic carbocycles. The van der Waals surface area contributed by atoms with Gasteiger partial charge in [-0.05, 0) is 38.0 Å². The highest BCUT2D eigenvalue weighted by molar-refractivity contribution is 9.09. The van der Waals surface area contributed by atoms with Crippen LogP contribution in [0.15, 0.2) is 6.07 Å². The van der Waals surface area contributed by atoms with E-state index >= 15 is 0 Å². The summed E-state index contributed by atoms with van der Waals surface area (Å²) in [5.41, 5.74) is 2.86. The average Bonchev–Trinajstić information content (AvgIpc) is 2.62. The van der Waals surface area contributed by atoms with E-state index in [0.717, 1.165) is 34.2 Å². The van der Waals surface area contributed by atoms with Crippen LogP contribution in [0, 0.1) is 13.8 Å². The molecule has 2 rings (SSSR count). The van der Waals surface area contributed by atoms with Crippen molar-refractivity contribution in [2.75, 3.05) is 5.33 Å². The number of halogens is 1. The molecule has 0 radical (unpaired) electrons. The van der Waals surface area contributed by atoms with Crippen LogP contribution in [0.3, 0.4) is 0 Å². The van der Waals surface area contributed by atoms with Gasteiger partial charge >= 0.3 is 5.97 Å². The van der Waals surface area contributed by atoms with Crippen molar-refractivity contribution >= 4 is 21.9 Å². The third-order valence-electron chi connectivity index (χ3n) is 3.23. The van der Waals surface area contributed by atoms with E-state index in [1.165, 1.54) is 6.92 Å². The number of hydrogen-bond donors (Lipinski definition) is 0. The Labute approximate surface area is 116 Å². The molecule has 0 saturated carbocycles. The minimum absolute atomic E-state index is 0.214. The molecule has 18 heavy (non-hydrogen) atoms. The zero-order valence-electron chi connectivity index (χ0n) is 11.1. The smallest absolute Gasteiger partial charge is 0.308 e. The summed E-state index contributed by atoms with van der Waals surface area (Å²) in [4.78, 5) is 11.1. The number of carbonyl (C=O) groups excluding carboxylic acids is 1. The van der Waals surface area contributed by atoms with E-state index in [-0.39, 0.29) is 11.6 Å². The van der Waals surface area contributed by atoms with Crippen LogP contribution in [-0.4, -0.2) is 16.9 Å². The molecule has 0 N–H and O–H groups in total. The van der Waals surface area contributed by atoms with Gasteiger partial charge in [0.2, 0.25) is 0 Å². The molecular weight excluding hydrogens is 296 g/mol. The summed E-state index contributed by atoms with van der Waals surface area (Å²) in [6, 6.07) is 1.95. The fourth-order valence-corrected chi connectivity index (χ4v) is 2.64. The van der Waals surface area contributed by atoms with Crippen molar-refractivity contribution in [3.8, 4) is 11.5 Å². The van der Waals surface area contributed by atoms with Crippen LogP contribution < -0.4 is 9.47 Å². The van der Waals surface area contributed by atoms with Crippen molar-refractivity contribution in [3.63, 3.8) is 0 Å². The van der Waals surface area contributed by atoms with Crippen LogP contribution in [0.2, 0.25) is 0 Å². The van der Waals surface area contributed by atoms with E-state index in [4.69, 9.17) is 9.47 Å². The van der Waals surface area contributed by atoms with Crippen LogP contribution in [0.1, 0.15) is 30.5 Å². The van der Waals surface area contributed by atoms with Crippen LogP contribution >= 0.6 is 15.9 Å². The molecule has 0 aromatic heterocycles. The Morgan fingerprint density at radius 2 is 2.22 bits per heavy atom. The molecule has 1 aliphatic rings. The molecule has 1 aliphatic heterocycles. The zero-order chi connectivity index (χ0) is 13.5. The number of benzene rings is 1. The third-order valence-corrected chi connectivity index (χ3v) is 4.42. The first kappa shape index (κ1) is 13.4. The van der Waals surface area contributed by atoms with E-state index in [1.807, 2.05) is 19.9 Å². The molecule has 4 heteroatoms. The third kappa shape index (κ3) is 2.26. The normalized spacial score (nSPS) is 21.4. The average molecular weight is 313 g/mol. The molecular formula is C14H17BrO3. The standard InChI is InChI=1S/C14H17BrO3/c1-8-5-12-11(6-14(4,7-15)18-12)9(2)13(8)17-10(3)16/h5H,6-7H2,1-4H3. The molecule has 0 fully saturated rings. The Morgan fingerprint density at radius 1 is 1.56 bits per heavy atom. The lowest BCUT2D eigenvalue weighted by Crippen LogP contribution is -2.31. The number of alkyl halides is 1. The largest absolute Gasteiger partial charge is 0.486 e. The summed E-state index contributed by atoms with van der Waals surface area (Å²) in [6.45, 7) is 7.40. The summed E-state index contributed by atoms with van der Waals surface area (Å²) >= 11 is 3.48. The van der Waals surface area contributed by atoms with Crippen molar-refractivity contribution in [2.24, 2.45) is 0 Å².